The van der Waals surface area contributed by atoms with Gasteiger partial charge in [-0.25, -0.2) is 13.4 Å². The molecule has 0 amide bonds. The summed E-state index contributed by atoms with van der Waals surface area (Å²) in [6, 6.07) is 7.05. The van der Waals surface area contributed by atoms with Crippen molar-refractivity contribution in [1.29, 1.82) is 5.26 Å². The zero-order valence-electron chi connectivity index (χ0n) is 10.1. The van der Waals surface area contributed by atoms with Crippen LogP contribution in [-0.4, -0.2) is 45.2 Å². The van der Waals surface area contributed by atoms with Gasteiger partial charge >= 0.3 is 0 Å². The van der Waals surface area contributed by atoms with Crippen LogP contribution >= 0.6 is 0 Å². The molecule has 1 N–H and O–H groups in total. The minimum Gasteiger partial charge on any atom is -0.379 e. The normalized spacial score (nSPS) is 10.9. The van der Waals surface area contributed by atoms with Gasteiger partial charge in [-0.15, -0.1) is 0 Å². The molecule has 6 nitrogen and oxygen atoms in total. The molecule has 1 aromatic heterocycles. The first-order chi connectivity index (χ1) is 8.51. The predicted octanol–water partition coefficient (Wildman–Crippen LogP) is 0.426. The highest BCUT2D eigenvalue weighted by Gasteiger charge is 2.01. The smallest absolute Gasteiger partial charge is 0.149 e. The Balaban J connectivity index is 2.20. The maximum absolute atomic E-state index is 10.8. The number of anilines is 1. The van der Waals surface area contributed by atoms with E-state index in [1.165, 1.54) is 6.26 Å². The van der Waals surface area contributed by atoms with Crippen molar-refractivity contribution in [2.75, 3.05) is 37.1 Å². The molecular weight excluding hydrogens is 254 g/mol. The predicted molar refractivity (Wildman–Crippen MR) is 68.0 cm³/mol. The van der Waals surface area contributed by atoms with E-state index in [-0.39, 0.29) is 12.4 Å². The van der Waals surface area contributed by atoms with Gasteiger partial charge in [0.05, 0.1) is 19.0 Å². The van der Waals surface area contributed by atoms with Gasteiger partial charge in [-0.05, 0) is 12.1 Å². The highest BCUT2D eigenvalue weighted by molar-refractivity contribution is 7.90. The minimum absolute atomic E-state index is 0.0230. The van der Waals surface area contributed by atoms with E-state index in [0.717, 1.165) is 0 Å². The molecule has 7 heteroatoms. The van der Waals surface area contributed by atoms with E-state index in [9.17, 15) is 8.42 Å². The lowest BCUT2D eigenvalue weighted by Crippen LogP contribution is -2.15. The van der Waals surface area contributed by atoms with E-state index in [1.807, 2.05) is 6.07 Å². The second-order valence-electron chi connectivity index (χ2n) is 3.69. The first kappa shape index (κ1) is 14.4. The number of ether oxygens (including phenoxy) is 1. The van der Waals surface area contributed by atoms with E-state index in [2.05, 4.69) is 10.3 Å². The van der Waals surface area contributed by atoms with Crippen molar-refractivity contribution < 1.29 is 13.2 Å². The summed E-state index contributed by atoms with van der Waals surface area (Å²) in [5.74, 6) is 0.621. The highest BCUT2D eigenvalue weighted by atomic mass is 32.2. The Hall–Kier alpha value is -1.65. The van der Waals surface area contributed by atoms with Gasteiger partial charge < -0.3 is 10.1 Å². The number of sulfone groups is 1. The second kappa shape index (κ2) is 6.93. The molecule has 1 rings (SSSR count). The third kappa shape index (κ3) is 6.18. The number of aromatic nitrogens is 1. The molecule has 1 heterocycles. The molecule has 18 heavy (non-hydrogen) atoms. The van der Waals surface area contributed by atoms with Crippen LogP contribution < -0.4 is 5.32 Å². The monoisotopic (exact) mass is 269 g/mol. The van der Waals surface area contributed by atoms with Crippen LogP contribution in [0.5, 0.6) is 0 Å². The number of pyridine rings is 1. The van der Waals surface area contributed by atoms with Crippen LogP contribution in [0.3, 0.4) is 0 Å². The van der Waals surface area contributed by atoms with E-state index in [4.69, 9.17) is 10.00 Å². The summed E-state index contributed by atoms with van der Waals surface area (Å²) in [5.41, 5.74) is 0.345. The van der Waals surface area contributed by atoms with Crippen LogP contribution in [0.15, 0.2) is 18.2 Å². The molecule has 0 spiro atoms. The van der Waals surface area contributed by atoms with Crippen LogP contribution in [0.4, 0.5) is 5.82 Å². The first-order valence-corrected chi connectivity index (χ1v) is 7.44. The fraction of sp³-hybridized carbons (Fsp3) is 0.455. The standard InChI is InChI=1S/C11H15N3O3S/c1-18(15,16)8-7-17-6-5-13-11-4-2-3-10(9-12)14-11/h2-4H,5-8H2,1H3,(H,13,14). The maximum atomic E-state index is 10.8. The molecule has 0 aromatic carbocycles. The summed E-state index contributed by atoms with van der Waals surface area (Å²) in [7, 11) is -2.97. The lowest BCUT2D eigenvalue weighted by molar-refractivity contribution is 0.159. The van der Waals surface area contributed by atoms with Gasteiger partial charge in [0.25, 0.3) is 0 Å². The Labute approximate surface area is 107 Å². The Bertz CT molecular complexity index is 523. The molecule has 0 saturated carbocycles. The third-order valence-electron chi connectivity index (χ3n) is 2.01. The molecule has 0 aliphatic rings. The Morgan fingerprint density at radius 2 is 2.22 bits per heavy atom. The molecular formula is C11H15N3O3S. The van der Waals surface area contributed by atoms with Crippen molar-refractivity contribution in [3.63, 3.8) is 0 Å². The molecule has 98 valence electrons. The summed E-state index contributed by atoms with van der Waals surface area (Å²) in [6.45, 7) is 1.08. The third-order valence-corrected chi connectivity index (χ3v) is 2.92. The first-order valence-electron chi connectivity index (χ1n) is 5.38. The molecule has 0 radical (unpaired) electrons. The maximum Gasteiger partial charge on any atom is 0.149 e. The molecule has 0 bridgehead atoms. The van der Waals surface area contributed by atoms with Gasteiger partial charge in [0.1, 0.15) is 27.4 Å². The average Bonchev–Trinajstić information content (AvgIpc) is 2.32. The van der Waals surface area contributed by atoms with Crippen LogP contribution in [0, 0.1) is 11.3 Å². The topological polar surface area (TPSA) is 92.1 Å². The zero-order valence-corrected chi connectivity index (χ0v) is 10.9. The van der Waals surface area contributed by atoms with Crippen molar-refractivity contribution in [3.05, 3.63) is 23.9 Å². The fourth-order valence-corrected chi connectivity index (χ4v) is 1.58. The van der Waals surface area contributed by atoms with Gasteiger partial charge in [0.2, 0.25) is 0 Å². The molecule has 0 atom stereocenters. The van der Waals surface area contributed by atoms with Crippen molar-refractivity contribution in [2.45, 2.75) is 0 Å². The Morgan fingerprint density at radius 3 is 2.89 bits per heavy atom. The average molecular weight is 269 g/mol. The van der Waals surface area contributed by atoms with Crippen LogP contribution in [0.2, 0.25) is 0 Å². The number of nitrogens with zero attached hydrogens (tertiary/aromatic N) is 2. The Morgan fingerprint density at radius 1 is 1.44 bits per heavy atom. The summed E-state index contributed by atoms with van der Waals surface area (Å²) in [4.78, 5) is 4.02. The summed E-state index contributed by atoms with van der Waals surface area (Å²) in [6.07, 6.45) is 1.17. The quantitative estimate of drug-likeness (QED) is 0.721. The molecule has 0 unspecified atom stereocenters. The highest BCUT2D eigenvalue weighted by Crippen LogP contribution is 2.02. The van der Waals surface area contributed by atoms with E-state index in [1.54, 1.807) is 18.2 Å². The number of hydrogen-bond acceptors (Lipinski definition) is 6. The van der Waals surface area contributed by atoms with E-state index >= 15 is 0 Å². The van der Waals surface area contributed by atoms with Crippen molar-refractivity contribution in [2.24, 2.45) is 0 Å². The fourth-order valence-electron chi connectivity index (χ4n) is 1.16. The molecule has 1 aromatic rings. The van der Waals surface area contributed by atoms with Gasteiger partial charge in [-0.3, -0.25) is 0 Å². The van der Waals surface area contributed by atoms with Crippen molar-refractivity contribution >= 4 is 15.7 Å². The Kier molecular flexibility index (Phi) is 5.55. The summed E-state index contributed by atoms with van der Waals surface area (Å²) >= 11 is 0. The van der Waals surface area contributed by atoms with Crippen LogP contribution in [0.1, 0.15) is 5.69 Å². The summed E-state index contributed by atoms with van der Waals surface area (Å²) < 4.78 is 26.8. The lowest BCUT2D eigenvalue weighted by atomic mass is 10.3. The van der Waals surface area contributed by atoms with E-state index in [0.29, 0.717) is 24.7 Å². The van der Waals surface area contributed by atoms with E-state index < -0.39 is 9.84 Å². The largest absolute Gasteiger partial charge is 0.379 e. The summed E-state index contributed by atoms with van der Waals surface area (Å²) in [5, 5.41) is 11.6. The van der Waals surface area contributed by atoms with Gasteiger partial charge in [0.15, 0.2) is 0 Å². The molecule has 0 aliphatic heterocycles. The van der Waals surface area contributed by atoms with Gasteiger partial charge in [-0.1, -0.05) is 6.07 Å². The van der Waals surface area contributed by atoms with Crippen molar-refractivity contribution in [1.82, 2.24) is 4.98 Å². The number of rotatable bonds is 7. The van der Waals surface area contributed by atoms with Crippen LogP contribution in [-0.2, 0) is 14.6 Å². The number of nitriles is 1. The van der Waals surface area contributed by atoms with Gasteiger partial charge in [0, 0.05) is 12.8 Å². The zero-order chi connectivity index (χ0) is 13.4. The van der Waals surface area contributed by atoms with Crippen LogP contribution in [0.25, 0.3) is 0 Å². The minimum atomic E-state index is -2.97. The SMILES string of the molecule is CS(=O)(=O)CCOCCNc1cccc(C#N)n1. The molecule has 0 fully saturated rings. The second-order valence-corrected chi connectivity index (χ2v) is 5.95. The number of hydrogen-bond donors (Lipinski definition) is 1. The van der Waals surface area contributed by atoms with Gasteiger partial charge in [-0.2, -0.15) is 5.26 Å². The van der Waals surface area contributed by atoms with Crippen molar-refractivity contribution in [3.8, 4) is 6.07 Å². The number of nitrogens with one attached hydrogen (secondary N) is 1. The molecule has 0 aliphatic carbocycles. The molecule has 0 saturated heterocycles. The lowest BCUT2D eigenvalue weighted by Gasteiger charge is -2.06.